The van der Waals surface area contributed by atoms with Gasteiger partial charge in [-0.25, -0.2) is 9.59 Å². The maximum absolute atomic E-state index is 13.1. The van der Waals surface area contributed by atoms with Crippen molar-refractivity contribution in [3.63, 3.8) is 0 Å². The first-order valence-corrected chi connectivity index (χ1v) is 12.6. The minimum atomic E-state index is -0.439. The van der Waals surface area contributed by atoms with Gasteiger partial charge in [0.25, 0.3) is 0 Å². The molecule has 4 N–H and O–H groups in total. The van der Waals surface area contributed by atoms with E-state index < -0.39 is 5.69 Å². The fraction of sp³-hybridized carbons (Fsp3) is 0.370. The average molecular weight is 488 g/mol. The number of carbonyl (C=O) groups excluding carboxylic acids is 1. The number of anilines is 1. The highest BCUT2D eigenvalue weighted by molar-refractivity contribution is 5.88. The van der Waals surface area contributed by atoms with Gasteiger partial charge < -0.3 is 16.0 Å². The number of nitrogens with two attached hydrogens (primary N) is 1. The lowest BCUT2D eigenvalue weighted by Crippen LogP contribution is -2.50. The van der Waals surface area contributed by atoms with Crippen LogP contribution in [0.15, 0.2) is 71.7 Å². The van der Waals surface area contributed by atoms with Crippen molar-refractivity contribution in [2.24, 2.45) is 5.73 Å². The van der Waals surface area contributed by atoms with Crippen molar-refractivity contribution in [3.05, 3.63) is 88.5 Å². The topological polar surface area (TPSA) is 109 Å². The molecule has 36 heavy (non-hydrogen) atoms. The molecular formula is C27H33N7O2. The third-order valence-electron chi connectivity index (χ3n) is 6.98. The number of hydrogen-bond acceptors (Lipinski definition) is 6. The predicted molar refractivity (Wildman–Crippen MR) is 140 cm³/mol. The summed E-state index contributed by atoms with van der Waals surface area (Å²) in [5, 5.41) is 6.16. The Hall–Kier alpha value is -3.53. The van der Waals surface area contributed by atoms with Gasteiger partial charge in [-0.05, 0) is 55.3 Å². The van der Waals surface area contributed by atoms with E-state index in [1.54, 1.807) is 17.2 Å². The minimum absolute atomic E-state index is 0.0829. The number of nitrogens with one attached hydrogen (secondary N) is 2. The van der Waals surface area contributed by atoms with E-state index in [0.717, 1.165) is 43.7 Å². The Morgan fingerprint density at radius 3 is 2.50 bits per heavy atom. The van der Waals surface area contributed by atoms with Gasteiger partial charge in [0.2, 0.25) is 0 Å². The molecule has 0 spiro atoms. The summed E-state index contributed by atoms with van der Waals surface area (Å²) in [5.41, 5.74) is 8.56. The summed E-state index contributed by atoms with van der Waals surface area (Å²) < 4.78 is 1.48. The highest BCUT2D eigenvalue weighted by Gasteiger charge is 2.28. The molecule has 0 unspecified atom stereocenters. The normalized spacial score (nSPS) is 19.2. The van der Waals surface area contributed by atoms with Crippen molar-refractivity contribution in [1.82, 2.24) is 24.7 Å². The molecule has 0 radical (unpaired) electrons. The van der Waals surface area contributed by atoms with Gasteiger partial charge in [-0.3, -0.25) is 14.8 Å². The van der Waals surface area contributed by atoms with E-state index in [1.807, 2.05) is 54.6 Å². The van der Waals surface area contributed by atoms with E-state index in [-0.39, 0.29) is 17.9 Å². The van der Waals surface area contributed by atoms with Crippen molar-refractivity contribution in [3.8, 4) is 5.69 Å². The number of urea groups is 1. The Balaban J connectivity index is 1.24. The van der Waals surface area contributed by atoms with Crippen LogP contribution in [0.2, 0.25) is 0 Å². The van der Waals surface area contributed by atoms with Gasteiger partial charge in [-0.15, -0.1) is 0 Å². The summed E-state index contributed by atoms with van der Waals surface area (Å²) in [6, 6.07) is 19.5. The van der Waals surface area contributed by atoms with E-state index in [4.69, 9.17) is 5.73 Å². The minimum Gasteiger partial charge on any atom is -0.328 e. The lowest BCUT2D eigenvalue weighted by atomic mass is 10.0. The van der Waals surface area contributed by atoms with Gasteiger partial charge in [-0.1, -0.05) is 42.5 Å². The summed E-state index contributed by atoms with van der Waals surface area (Å²) in [6.07, 6.45) is 3.71. The second-order valence-corrected chi connectivity index (χ2v) is 9.50. The lowest BCUT2D eigenvalue weighted by Gasteiger charge is -2.36. The number of likely N-dealkylation sites (tertiary alicyclic amines) is 1. The molecule has 3 aromatic rings. The third kappa shape index (κ3) is 5.64. The monoisotopic (exact) mass is 487 g/mol. The number of nitrogens with zero attached hydrogens (tertiary/aromatic N) is 4. The number of carbonyl (C=O) groups is 1. The molecule has 0 bridgehead atoms. The van der Waals surface area contributed by atoms with Gasteiger partial charge in [0.1, 0.15) is 5.82 Å². The Bertz CT molecular complexity index is 1220. The molecule has 3 heterocycles. The van der Waals surface area contributed by atoms with Crippen LogP contribution in [-0.2, 0) is 6.54 Å². The number of hydrogen-bond donors (Lipinski definition) is 3. The first-order valence-electron chi connectivity index (χ1n) is 12.6. The first-order chi connectivity index (χ1) is 17.6. The zero-order valence-electron chi connectivity index (χ0n) is 20.3. The highest BCUT2D eigenvalue weighted by Crippen LogP contribution is 2.23. The van der Waals surface area contributed by atoms with Crippen LogP contribution >= 0.6 is 0 Å². The molecule has 9 nitrogen and oxygen atoms in total. The van der Waals surface area contributed by atoms with Crippen LogP contribution in [0.25, 0.3) is 5.69 Å². The van der Waals surface area contributed by atoms with Gasteiger partial charge in [-0.2, -0.15) is 4.98 Å². The zero-order chi connectivity index (χ0) is 24.9. The van der Waals surface area contributed by atoms with Crippen LogP contribution in [0.3, 0.4) is 0 Å². The van der Waals surface area contributed by atoms with E-state index >= 15 is 0 Å². The molecule has 2 aliphatic rings. The Labute approximate surface area is 210 Å². The molecule has 2 aromatic carbocycles. The standard InChI is InChI=1S/C27H33N7O2/c28-22-10-14-32(15-11-22)19-20-6-8-23(9-7-20)33-16-12-25(30-26(33)35)31-27(36)34-17-13-29-18-24(34)21-4-2-1-3-5-21/h1-9,12,16,22,24,29H,10-11,13-15,17-19,28H2,(H,30,31,35,36)/t24-/m1/s1. The van der Waals surface area contributed by atoms with Crippen molar-refractivity contribution in [2.75, 3.05) is 38.0 Å². The van der Waals surface area contributed by atoms with Gasteiger partial charge >= 0.3 is 11.7 Å². The zero-order valence-corrected chi connectivity index (χ0v) is 20.3. The van der Waals surface area contributed by atoms with Crippen LogP contribution < -0.4 is 22.1 Å². The fourth-order valence-electron chi connectivity index (χ4n) is 4.90. The highest BCUT2D eigenvalue weighted by atomic mass is 16.2. The lowest BCUT2D eigenvalue weighted by molar-refractivity contribution is 0.171. The Morgan fingerprint density at radius 1 is 1.03 bits per heavy atom. The summed E-state index contributed by atoms with van der Waals surface area (Å²) in [6.45, 7) is 4.86. The quantitative estimate of drug-likeness (QED) is 0.510. The van der Waals surface area contributed by atoms with E-state index in [9.17, 15) is 9.59 Å². The van der Waals surface area contributed by atoms with E-state index in [0.29, 0.717) is 25.7 Å². The van der Waals surface area contributed by atoms with Gasteiger partial charge in [0.15, 0.2) is 0 Å². The van der Waals surface area contributed by atoms with Crippen molar-refractivity contribution in [1.29, 1.82) is 0 Å². The molecule has 2 amide bonds. The second kappa shape index (κ2) is 11.0. The number of rotatable bonds is 5. The van der Waals surface area contributed by atoms with Crippen LogP contribution in [0, 0.1) is 0 Å². The molecule has 9 heteroatoms. The van der Waals surface area contributed by atoms with Crippen LogP contribution in [0.5, 0.6) is 0 Å². The van der Waals surface area contributed by atoms with E-state index in [2.05, 4.69) is 20.5 Å². The molecular weight excluding hydrogens is 454 g/mol. The fourth-order valence-corrected chi connectivity index (χ4v) is 4.90. The number of piperazine rings is 1. The molecule has 1 aromatic heterocycles. The Morgan fingerprint density at radius 2 is 1.78 bits per heavy atom. The third-order valence-corrected chi connectivity index (χ3v) is 6.98. The van der Waals surface area contributed by atoms with Crippen LogP contribution in [-0.4, -0.2) is 64.1 Å². The molecule has 188 valence electrons. The summed E-state index contributed by atoms with van der Waals surface area (Å²) in [5.74, 6) is 0.242. The molecule has 2 fully saturated rings. The van der Waals surface area contributed by atoms with Crippen molar-refractivity contribution >= 4 is 11.8 Å². The summed E-state index contributed by atoms with van der Waals surface area (Å²) >= 11 is 0. The SMILES string of the molecule is NC1CCN(Cc2ccc(-n3ccc(NC(=O)N4CCNC[C@@H]4c4ccccc4)nc3=O)cc2)CC1. The number of piperidine rings is 1. The second-order valence-electron chi connectivity index (χ2n) is 9.50. The van der Waals surface area contributed by atoms with E-state index in [1.165, 1.54) is 10.1 Å². The maximum Gasteiger partial charge on any atom is 0.354 e. The summed E-state index contributed by atoms with van der Waals surface area (Å²) in [4.78, 5) is 34.1. The number of amides is 2. The maximum atomic E-state index is 13.1. The van der Waals surface area contributed by atoms with Crippen molar-refractivity contribution < 1.29 is 4.79 Å². The largest absolute Gasteiger partial charge is 0.354 e. The number of benzene rings is 2. The molecule has 1 atom stereocenters. The molecule has 5 rings (SSSR count). The molecule has 0 aliphatic carbocycles. The van der Waals surface area contributed by atoms with Crippen LogP contribution in [0.1, 0.15) is 30.0 Å². The number of aromatic nitrogens is 2. The molecule has 2 saturated heterocycles. The predicted octanol–water partition coefficient (Wildman–Crippen LogP) is 2.33. The average Bonchev–Trinajstić information content (AvgIpc) is 2.91. The smallest absolute Gasteiger partial charge is 0.328 e. The summed E-state index contributed by atoms with van der Waals surface area (Å²) in [7, 11) is 0. The first kappa shape index (κ1) is 24.2. The van der Waals surface area contributed by atoms with Gasteiger partial charge in [0, 0.05) is 38.4 Å². The Kier molecular flexibility index (Phi) is 7.41. The molecule has 2 aliphatic heterocycles. The van der Waals surface area contributed by atoms with Crippen molar-refractivity contribution in [2.45, 2.75) is 31.5 Å². The molecule has 0 saturated carbocycles. The van der Waals surface area contributed by atoms with Gasteiger partial charge in [0.05, 0.1) is 11.7 Å². The van der Waals surface area contributed by atoms with Crippen LogP contribution in [0.4, 0.5) is 10.6 Å².